The highest BCUT2D eigenvalue weighted by atomic mass is 32.1. The Hall–Kier alpha value is -2.26. The SMILES string of the molecule is NC(Cc1ccc(O)cc1)C(=O)N1CCCC1C(=O)NC(CS)C(=O)O. The normalized spacial score (nSPS) is 19.0. The van der Waals surface area contributed by atoms with E-state index in [-0.39, 0.29) is 23.8 Å². The fourth-order valence-corrected chi connectivity index (χ4v) is 3.19. The number of carboxylic acids is 1. The molecule has 26 heavy (non-hydrogen) atoms. The Morgan fingerprint density at radius 2 is 1.96 bits per heavy atom. The molecule has 1 fully saturated rings. The van der Waals surface area contributed by atoms with Gasteiger partial charge in [-0.3, -0.25) is 9.59 Å². The van der Waals surface area contributed by atoms with E-state index in [2.05, 4.69) is 17.9 Å². The summed E-state index contributed by atoms with van der Waals surface area (Å²) in [6, 6.07) is 3.74. The molecule has 5 N–H and O–H groups in total. The number of hydrogen-bond acceptors (Lipinski definition) is 6. The smallest absolute Gasteiger partial charge is 0.327 e. The minimum absolute atomic E-state index is 0.0396. The number of carbonyl (C=O) groups excluding carboxylic acids is 2. The molecule has 1 aromatic carbocycles. The third kappa shape index (κ3) is 4.89. The van der Waals surface area contributed by atoms with Crippen molar-refractivity contribution in [3.63, 3.8) is 0 Å². The lowest BCUT2D eigenvalue weighted by atomic mass is 10.0. The average Bonchev–Trinajstić information content (AvgIpc) is 3.10. The lowest BCUT2D eigenvalue weighted by Gasteiger charge is -2.27. The number of nitrogens with two attached hydrogens (primary N) is 1. The Balaban J connectivity index is 2.01. The molecule has 0 radical (unpaired) electrons. The fraction of sp³-hybridized carbons (Fsp3) is 0.471. The minimum atomic E-state index is -1.17. The van der Waals surface area contributed by atoms with Gasteiger partial charge < -0.3 is 26.2 Å². The number of amides is 2. The van der Waals surface area contributed by atoms with Gasteiger partial charge in [0, 0.05) is 12.3 Å². The summed E-state index contributed by atoms with van der Waals surface area (Å²) in [5.41, 5.74) is 6.81. The average molecular weight is 381 g/mol. The number of rotatable bonds is 7. The van der Waals surface area contributed by atoms with Crippen molar-refractivity contribution in [2.45, 2.75) is 37.4 Å². The number of phenols is 1. The molecule has 2 amide bonds. The summed E-state index contributed by atoms with van der Waals surface area (Å²) in [5, 5.41) is 20.7. The number of benzene rings is 1. The standard InChI is InChI=1S/C17H23N3O5S/c18-12(8-10-3-5-11(21)6-4-10)16(23)20-7-1-2-14(20)15(22)19-13(9-26)17(24)25/h3-6,12-14,21,26H,1-2,7-9,18H2,(H,19,22)(H,24,25). The van der Waals surface area contributed by atoms with Gasteiger partial charge in [0.25, 0.3) is 0 Å². The molecule has 2 rings (SSSR count). The van der Waals surface area contributed by atoms with Crippen LogP contribution in [0.5, 0.6) is 5.75 Å². The summed E-state index contributed by atoms with van der Waals surface area (Å²) >= 11 is 3.92. The number of hydrogen-bond donors (Lipinski definition) is 5. The minimum Gasteiger partial charge on any atom is -0.508 e. The van der Waals surface area contributed by atoms with Crippen molar-refractivity contribution in [3.05, 3.63) is 29.8 Å². The highest BCUT2D eigenvalue weighted by molar-refractivity contribution is 7.80. The van der Waals surface area contributed by atoms with Crippen molar-refractivity contribution in [2.75, 3.05) is 12.3 Å². The third-order valence-electron chi connectivity index (χ3n) is 4.34. The van der Waals surface area contributed by atoms with Gasteiger partial charge in [-0.25, -0.2) is 4.79 Å². The van der Waals surface area contributed by atoms with Gasteiger partial charge in [0.05, 0.1) is 6.04 Å². The zero-order valence-electron chi connectivity index (χ0n) is 14.2. The summed E-state index contributed by atoms with van der Waals surface area (Å²) in [4.78, 5) is 37.5. The lowest BCUT2D eigenvalue weighted by Crippen LogP contribution is -2.54. The molecule has 0 aromatic heterocycles. The second-order valence-electron chi connectivity index (χ2n) is 6.25. The molecule has 142 valence electrons. The van der Waals surface area contributed by atoms with E-state index in [0.29, 0.717) is 19.4 Å². The van der Waals surface area contributed by atoms with Crippen LogP contribution in [0.1, 0.15) is 18.4 Å². The number of aliphatic carboxylic acids is 1. The third-order valence-corrected chi connectivity index (χ3v) is 4.71. The highest BCUT2D eigenvalue weighted by Crippen LogP contribution is 2.20. The fourth-order valence-electron chi connectivity index (χ4n) is 2.94. The van der Waals surface area contributed by atoms with Crippen molar-refractivity contribution < 1.29 is 24.6 Å². The number of carboxylic acid groups (broad SMARTS) is 1. The molecule has 0 saturated carbocycles. The Labute approximate surface area is 156 Å². The monoisotopic (exact) mass is 381 g/mol. The van der Waals surface area contributed by atoms with Crippen LogP contribution in [0.25, 0.3) is 0 Å². The van der Waals surface area contributed by atoms with Crippen LogP contribution in [-0.2, 0) is 20.8 Å². The Kier molecular flexibility index (Phi) is 6.87. The molecule has 9 heteroatoms. The van der Waals surface area contributed by atoms with Crippen LogP contribution in [0.15, 0.2) is 24.3 Å². The van der Waals surface area contributed by atoms with Crippen LogP contribution in [0.2, 0.25) is 0 Å². The Morgan fingerprint density at radius 3 is 2.54 bits per heavy atom. The highest BCUT2D eigenvalue weighted by Gasteiger charge is 2.37. The van der Waals surface area contributed by atoms with Crippen molar-refractivity contribution in [1.29, 1.82) is 0 Å². The number of nitrogens with one attached hydrogen (secondary N) is 1. The first-order valence-corrected chi connectivity index (χ1v) is 8.94. The zero-order chi connectivity index (χ0) is 19.3. The number of nitrogens with zero attached hydrogens (tertiary/aromatic N) is 1. The molecule has 3 unspecified atom stereocenters. The molecule has 1 aromatic rings. The summed E-state index contributed by atoms with van der Waals surface area (Å²) in [5.74, 6) is -1.94. The van der Waals surface area contributed by atoms with Crippen LogP contribution in [-0.4, -0.2) is 63.3 Å². The van der Waals surface area contributed by atoms with Gasteiger partial charge in [-0.15, -0.1) is 0 Å². The van der Waals surface area contributed by atoms with E-state index in [4.69, 9.17) is 10.8 Å². The van der Waals surface area contributed by atoms with E-state index >= 15 is 0 Å². The predicted octanol–water partition coefficient (Wildman–Crippen LogP) is -0.248. The first kappa shape index (κ1) is 20.1. The van der Waals surface area contributed by atoms with Crippen LogP contribution >= 0.6 is 12.6 Å². The molecule has 3 atom stereocenters. The van der Waals surface area contributed by atoms with Gasteiger partial charge in [0.15, 0.2) is 0 Å². The first-order valence-electron chi connectivity index (χ1n) is 8.31. The number of thiol groups is 1. The number of likely N-dealkylation sites (tertiary alicyclic amines) is 1. The van der Waals surface area contributed by atoms with Gasteiger partial charge in [-0.05, 0) is 37.0 Å². The van der Waals surface area contributed by atoms with Crippen LogP contribution in [0, 0.1) is 0 Å². The van der Waals surface area contributed by atoms with Crippen molar-refractivity contribution in [1.82, 2.24) is 10.2 Å². The number of carbonyl (C=O) groups is 3. The van der Waals surface area contributed by atoms with E-state index in [1.807, 2.05) is 0 Å². The molecule has 1 saturated heterocycles. The molecule has 8 nitrogen and oxygen atoms in total. The lowest BCUT2D eigenvalue weighted by molar-refractivity contribution is -0.143. The first-order chi connectivity index (χ1) is 12.3. The summed E-state index contributed by atoms with van der Waals surface area (Å²) < 4.78 is 0. The molecule has 1 heterocycles. The van der Waals surface area contributed by atoms with Crippen molar-refractivity contribution in [3.8, 4) is 5.75 Å². The molecule has 0 bridgehead atoms. The zero-order valence-corrected chi connectivity index (χ0v) is 15.1. The predicted molar refractivity (Wildman–Crippen MR) is 97.9 cm³/mol. The molecule has 1 aliphatic rings. The van der Waals surface area contributed by atoms with Gasteiger partial charge >= 0.3 is 5.97 Å². The van der Waals surface area contributed by atoms with Crippen LogP contribution < -0.4 is 11.1 Å². The number of phenolic OH excluding ortho intramolecular Hbond substituents is 1. The molecular weight excluding hydrogens is 358 g/mol. The van der Waals surface area contributed by atoms with E-state index in [1.165, 1.54) is 17.0 Å². The van der Waals surface area contributed by atoms with Crippen LogP contribution in [0.3, 0.4) is 0 Å². The second-order valence-corrected chi connectivity index (χ2v) is 6.61. The summed E-state index contributed by atoms with van der Waals surface area (Å²) in [7, 11) is 0. The van der Waals surface area contributed by atoms with E-state index in [0.717, 1.165) is 5.56 Å². The maximum Gasteiger partial charge on any atom is 0.327 e. The van der Waals surface area contributed by atoms with Crippen molar-refractivity contribution in [2.24, 2.45) is 5.73 Å². The molecular formula is C17H23N3O5S. The van der Waals surface area contributed by atoms with Gasteiger partial charge in [-0.2, -0.15) is 12.6 Å². The summed E-state index contributed by atoms with van der Waals surface area (Å²) in [6.07, 6.45) is 1.38. The molecule has 0 aliphatic carbocycles. The summed E-state index contributed by atoms with van der Waals surface area (Å²) in [6.45, 7) is 0.402. The second kappa shape index (κ2) is 8.91. The van der Waals surface area contributed by atoms with Crippen molar-refractivity contribution >= 4 is 30.4 Å². The molecule has 1 aliphatic heterocycles. The Bertz CT molecular complexity index is 667. The van der Waals surface area contributed by atoms with Crippen LogP contribution in [0.4, 0.5) is 0 Å². The van der Waals surface area contributed by atoms with Gasteiger partial charge in [0.1, 0.15) is 17.8 Å². The number of aromatic hydroxyl groups is 1. The topological polar surface area (TPSA) is 133 Å². The van der Waals surface area contributed by atoms with Gasteiger partial charge in [-0.1, -0.05) is 12.1 Å². The largest absolute Gasteiger partial charge is 0.508 e. The Morgan fingerprint density at radius 1 is 1.31 bits per heavy atom. The maximum atomic E-state index is 12.7. The van der Waals surface area contributed by atoms with Gasteiger partial charge in [0.2, 0.25) is 11.8 Å². The quantitative estimate of drug-likeness (QED) is 0.414. The molecule has 0 spiro atoms. The van der Waals surface area contributed by atoms with E-state index in [1.54, 1.807) is 12.1 Å². The van der Waals surface area contributed by atoms with E-state index in [9.17, 15) is 19.5 Å². The van der Waals surface area contributed by atoms with E-state index < -0.39 is 30.0 Å². The maximum absolute atomic E-state index is 12.7.